The van der Waals surface area contributed by atoms with Gasteiger partial charge in [-0.05, 0) is 24.6 Å². The molecule has 1 heterocycles. The van der Waals surface area contributed by atoms with Crippen LogP contribution in [0.15, 0.2) is 18.2 Å². The zero-order valence-corrected chi connectivity index (χ0v) is 9.02. The van der Waals surface area contributed by atoms with Crippen LogP contribution < -0.4 is 4.74 Å². The molecule has 0 fully saturated rings. The highest BCUT2D eigenvalue weighted by Crippen LogP contribution is 2.38. The van der Waals surface area contributed by atoms with Crippen molar-refractivity contribution < 1.29 is 9.84 Å². The van der Waals surface area contributed by atoms with Crippen LogP contribution in [0.1, 0.15) is 11.8 Å². The van der Waals surface area contributed by atoms with Crippen molar-refractivity contribution in [3.05, 3.63) is 23.1 Å². The molecule has 0 saturated carbocycles. The van der Waals surface area contributed by atoms with Gasteiger partial charge in [-0.2, -0.15) is 0 Å². The Labute approximate surface area is 86.8 Å². The van der Waals surface area contributed by atoms with E-state index in [4.69, 9.17) is 4.74 Å². The van der Waals surface area contributed by atoms with Crippen LogP contribution in [0, 0.1) is 0 Å². The van der Waals surface area contributed by atoms with Crippen molar-refractivity contribution >= 4 is 21.4 Å². The molecule has 0 radical (unpaired) electrons. The quantitative estimate of drug-likeness (QED) is 0.821. The first-order chi connectivity index (χ1) is 6.76. The van der Waals surface area contributed by atoms with Crippen molar-refractivity contribution in [1.29, 1.82) is 0 Å². The molecule has 0 unspecified atom stereocenters. The third-order valence-corrected chi connectivity index (χ3v) is 3.48. The van der Waals surface area contributed by atoms with Gasteiger partial charge in [0.05, 0.1) is 7.11 Å². The third kappa shape index (κ3) is 1.34. The summed E-state index contributed by atoms with van der Waals surface area (Å²) in [7, 11) is 1.58. The van der Waals surface area contributed by atoms with Crippen LogP contribution in [0.3, 0.4) is 0 Å². The SMILES string of the molecule is CCc1cc2c(OC)c(O)ccc2s1. The average Bonchev–Trinajstić information content (AvgIpc) is 2.60. The largest absolute Gasteiger partial charge is 0.504 e. The van der Waals surface area contributed by atoms with Crippen molar-refractivity contribution in [3.63, 3.8) is 0 Å². The second-order valence-electron chi connectivity index (χ2n) is 3.10. The van der Waals surface area contributed by atoms with E-state index in [1.807, 2.05) is 6.07 Å². The Morgan fingerprint density at radius 2 is 2.21 bits per heavy atom. The monoisotopic (exact) mass is 208 g/mol. The summed E-state index contributed by atoms with van der Waals surface area (Å²) in [6.07, 6.45) is 1.02. The number of rotatable bonds is 2. The smallest absolute Gasteiger partial charge is 0.169 e. The molecule has 74 valence electrons. The summed E-state index contributed by atoms with van der Waals surface area (Å²) in [6, 6.07) is 5.69. The number of phenolic OH excluding ortho intramolecular Hbond substituents is 1. The summed E-state index contributed by atoms with van der Waals surface area (Å²) in [6.45, 7) is 2.12. The molecular weight excluding hydrogens is 196 g/mol. The molecule has 0 aliphatic rings. The first kappa shape index (κ1) is 9.34. The minimum atomic E-state index is 0.209. The number of methoxy groups -OCH3 is 1. The van der Waals surface area contributed by atoms with Gasteiger partial charge in [-0.15, -0.1) is 11.3 Å². The predicted octanol–water partition coefficient (Wildman–Crippen LogP) is 3.18. The van der Waals surface area contributed by atoms with Gasteiger partial charge < -0.3 is 9.84 Å². The van der Waals surface area contributed by atoms with Gasteiger partial charge in [-0.1, -0.05) is 6.92 Å². The maximum absolute atomic E-state index is 9.57. The molecule has 2 aromatic rings. The molecule has 2 rings (SSSR count). The van der Waals surface area contributed by atoms with E-state index >= 15 is 0 Å². The summed E-state index contributed by atoms with van der Waals surface area (Å²) in [5, 5.41) is 10.6. The molecule has 0 aliphatic heterocycles. The normalized spacial score (nSPS) is 10.7. The lowest BCUT2D eigenvalue weighted by Crippen LogP contribution is -1.83. The fourth-order valence-corrected chi connectivity index (χ4v) is 2.52. The van der Waals surface area contributed by atoms with E-state index in [0.29, 0.717) is 5.75 Å². The highest BCUT2D eigenvalue weighted by Gasteiger charge is 2.09. The van der Waals surface area contributed by atoms with E-state index in [1.165, 1.54) is 4.88 Å². The van der Waals surface area contributed by atoms with E-state index < -0.39 is 0 Å². The summed E-state index contributed by atoms with van der Waals surface area (Å²) in [4.78, 5) is 1.31. The molecule has 1 N–H and O–H groups in total. The van der Waals surface area contributed by atoms with E-state index in [9.17, 15) is 5.11 Å². The number of fused-ring (bicyclic) bond motifs is 1. The summed E-state index contributed by atoms with van der Waals surface area (Å²) in [5.41, 5.74) is 0. The maximum atomic E-state index is 9.57. The lowest BCUT2D eigenvalue weighted by molar-refractivity contribution is 0.378. The minimum Gasteiger partial charge on any atom is -0.504 e. The number of hydrogen-bond donors (Lipinski definition) is 1. The highest BCUT2D eigenvalue weighted by molar-refractivity contribution is 7.19. The molecule has 0 aliphatic carbocycles. The van der Waals surface area contributed by atoms with E-state index in [0.717, 1.165) is 16.5 Å². The number of phenols is 1. The van der Waals surface area contributed by atoms with Gasteiger partial charge in [-0.25, -0.2) is 0 Å². The van der Waals surface area contributed by atoms with Gasteiger partial charge in [-0.3, -0.25) is 0 Å². The van der Waals surface area contributed by atoms with Crippen LogP contribution in [0.2, 0.25) is 0 Å². The molecule has 14 heavy (non-hydrogen) atoms. The molecule has 3 heteroatoms. The third-order valence-electron chi connectivity index (χ3n) is 2.23. The summed E-state index contributed by atoms with van der Waals surface area (Å²) < 4.78 is 6.34. The van der Waals surface area contributed by atoms with Crippen LogP contribution in [0.5, 0.6) is 11.5 Å². The van der Waals surface area contributed by atoms with Crippen molar-refractivity contribution in [2.75, 3.05) is 7.11 Å². The first-order valence-electron chi connectivity index (χ1n) is 4.54. The molecule has 1 aromatic heterocycles. The molecule has 0 spiro atoms. The number of ether oxygens (including phenoxy) is 1. The Hall–Kier alpha value is -1.22. The Kier molecular flexibility index (Phi) is 2.33. The second-order valence-corrected chi connectivity index (χ2v) is 4.26. The van der Waals surface area contributed by atoms with Crippen molar-refractivity contribution in [3.8, 4) is 11.5 Å². The number of aromatic hydroxyl groups is 1. The van der Waals surface area contributed by atoms with Crippen LogP contribution in [-0.2, 0) is 6.42 Å². The molecule has 0 saturated heterocycles. The predicted molar refractivity (Wildman–Crippen MR) is 59.4 cm³/mol. The lowest BCUT2D eigenvalue weighted by atomic mass is 10.2. The molecule has 0 bridgehead atoms. The number of aryl methyl sites for hydroxylation is 1. The van der Waals surface area contributed by atoms with Gasteiger partial charge >= 0.3 is 0 Å². The second kappa shape index (κ2) is 3.50. The zero-order chi connectivity index (χ0) is 10.1. The molecule has 2 nitrogen and oxygen atoms in total. The molecular formula is C11H12O2S. The van der Waals surface area contributed by atoms with Crippen molar-refractivity contribution in [2.24, 2.45) is 0 Å². The van der Waals surface area contributed by atoms with Gasteiger partial charge in [0.2, 0.25) is 0 Å². The zero-order valence-electron chi connectivity index (χ0n) is 8.20. The molecule has 0 atom stereocenters. The van der Waals surface area contributed by atoms with Gasteiger partial charge in [0, 0.05) is 15.0 Å². The topological polar surface area (TPSA) is 29.5 Å². The van der Waals surface area contributed by atoms with Crippen LogP contribution >= 0.6 is 11.3 Å². The van der Waals surface area contributed by atoms with Gasteiger partial charge in [0.15, 0.2) is 11.5 Å². The Morgan fingerprint density at radius 3 is 2.86 bits per heavy atom. The number of hydrogen-bond acceptors (Lipinski definition) is 3. The summed E-state index contributed by atoms with van der Waals surface area (Å²) in [5.74, 6) is 0.791. The van der Waals surface area contributed by atoms with Gasteiger partial charge in [0.25, 0.3) is 0 Å². The molecule has 1 aromatic carbocycles. The van der Waals surface area contributed by atoms with E-state index in [-0.39, 0.29) is 5.75 Å². The first-order valence-corrected chi connectivity index (χ1v) is 5.36. The molecule has 0 amide bonds. The summed E-state index contributed by atoms with van der Waals surface area (Å²) >= 11 is 1.74. The minimum absolute atomic E-state index is 0.209. The highest BCUT2D eigenvalue weighted by atomic mass is 32.1. The van der Waals surface area contributed by atoms with Crippen molar-refractivity contribution in [2.45, 2.75) is 13.3 Å². The van der Waals surface area contributed by atoms with E-state index in [2.05, 4.69) is 13.0 Å². The van der Waals surface area contributed by atoms with E-state index in [1.54, 1.807) is 24.5 Å². The number of benzene rings is 1. The van der Waals surface area contributed by atoms with Crippen LogP contribution in [0.25, 0.3) is 10.1 Å². The van der Waals surface area contributed by atoms with Gasteiger partial charge in [0.1, 0.15) is 0 Å². The fourth-order valence-electron chi connectivity index (χ4n) is 1.52. The lowest BCUT2D eigenvalue weighted by Gasteiger charge is -2.03. The maximum Gasteiger partial charge on any atom is 0.169 e. The average molecular weight is 208 g/mol. The standard InChI is InChI=1S/C11H12O2S/c1-3-7-6-8-10(14-7)5-4-9(12)11(8)13-2/h4-6,12H,3H2,1-2H3. The van der Waals surface area contributed by atoms with Crippen LogP contribution in [-0.4, -0.2) is 12.2 Å². The Balaban J connectivity index is 2.73. The fraction of sp³-hybridized carbons (Fsp3) is 0.273. The van der Waals surface area contributed by atoms with Crippen molar-refractivity contribution in [1.82, 2.24) is 0 Å². The van der Waals surface area contributed by atoms with Crippen LogP contribution in [0.4, 0.5) is 0 Å². The number of thiophene rings is 1. The Bertz CT molecular complexity index is 460. The Morgan fingerprint density at radius 1 is 1.43 bits per heavy atom.